The highest BCUT2D eigenvalue weighted by Gasteiger charge is 2.18. The zero-order valence-electron chi connectivity index (χ0n) is 13.8. The smallest absolute Gasteiger partial charge is 0.227 e. The minimum atomic E-state index is 0.659. The van der Waals surface area contributed by atoms with Crippen LogP contribution in [0.4, 0.5) is 17.5 Å². The number of aryl methyl sites for hydroxylation is 2. The number of piperazine rings is 1. The van der Waals surface area contributed by atoms with Crippen LogP contribution in [0.15, 0.2) is 24.4 Å². The average Bonchev–Trinajstić information content (AvgIpc) is 2.58. The fraction of sp³-hybridized carbons (Fsp3) is 0.353. The molecule has 0 bridgehead atoms. The van der Waals surface area contributed by atoms with Crippen LogP contribution >= 0.6 is 11.6 Å². The number of halogens is 1. The molecule has 1 fully saturated rings. The molecule has 1 aliphatic heterocycles. The molecule has 2 aromatic rings. The Hall–Kier alpha value is -2.34. The van der Waals surface area contributed by atoms with Crippen molar-refractivity contribution in [2.24, 2.45) is 0 Å². The summed E-state index contributed by atoms with van der Waals surface area (Å²) in [6.45, 7) is 6.87. The van der Waals surface area contributed by atoms with Crippen LogP contribution in [0.25, 0.3) is 0 Å². The van der Waals surface area contributed by atoms with E-state index in [-0.39, 0.29) is 0 Å². The molecule has 1 aliphatic rings. The lowest BCUT2D eigenvalue weighted by molar-refractivity contribution is -0.118. The highest BCUT2D eigenvalue weighted by molar-refractivity contribution is 6.33. The molecule has 1 aromatic carbocycles. The van der Waals surface area contributed by atoms with Gasteiger partial charge in [-0.05, 0) is 37.1 Å². The summed E-state index contributed by atoms with van der Waals surface area (Å²) >= 11 is 6.35. The first kappa shape index (κ1) is 16.5. The molecule has 126 valence electrons. The minimum absolute atomic E-state index is 0.659. The van der Waals surface area contributed by atoms with Gasteiger partial charge in [0.05, 0.1) is 10.7 Å². The lowest BCUT2D eigenvalue weighted by Gasteiger charge is -2.32. The number of nitrogens with zero attached hydrogens (tertiary/aromatic N) is 4. The second-order valence-electron chi connectivity index (χ2n) is 5.93. The number of hydrogen-bond acceptors (Lipinski definition) is 5. The van der Waals surface area contributed by atoms with Crippen LogP contribution in [0.2, 0.25) is 5.02 Å². The first-order valence-corrected chi connectivity index (χ1v) is 8.26. The first-order chi connectivity index (χ1) is 11.6. The monoisotopic (exact) mass is 345 g/mol. The van der Waals surface area contributed by atoms with Crippen LogP contribution in [-0.4, -0.2) is 47.5 Å². The molecular formula is C17H20ClN5O. The van der Waals surface area contributed by atoms with Gasteiger partial charge in [0.2, 0.25) is 12.4 Å². The van der Waals surface area contributed by atoms with Crippen molar-refractivity contribution < 1.29 is 4.79 Å². The van der Waals surface area contributed by atoms with Gasteiger partial charge >= 0.3 is 0 Å². The average molecular weight is 346 g/mol. The van der Waals surface area contributed by atoms with E-state index < -0.39 is 0 Å². The third-order valence-corrected chi connectivity index (χ3v) is 4.37. The third kappa shape index (κ3) is 3.59. The van der Waals surface area contributed by atoms with Crippen LogP contribution in [0.5, 0.6) is 0 Å². The first-order valence-electron chi connectivity index (χ1n) is 7.88. The van der Waals surface area contributed by atoms with Gasteiger partial charge in [0.1, 0.15) is 5.82 Å². The number of benzene rings is 1. The molecule has 1 aromatic heterocycles. The predicted molar refractivity (Wildman–Crippen MR) is 96.1 cm³/mol. The molecule has 0 aliphatic carbocycles. The Morgan fingerprint density at radius 3 is 2.62 bits per heavy atom. The second kappa shape index (κ2) is 7.05. The zero-order valence-corrected chi connectivity index (χ0v) is 14.5. The van der Waals surface area contributed by atoms with E-state index in [1.165, 1.54) is 0 Å². The summed E-state index contributed by atoms with van der Waals surface area (Å²) in [4.78, 5) is 23.6. The molecule has 0 saturated carbocycles. The molecule has 1 saturated heterocycles. The van der Waals surface area contributed by atoms with Gasteiger partial charge in [0.25, 0.3) is 0 Å². The lowest BCUT2D eigenvalue weighted by Crippen LogP contribution is -2.46. The summed E-state index contributed by atoms with van der Waals surface area (Å²) < 4.78 is 0. The maximum absolute atomic E-state index is 10.8. The van der Waals surface area contributed by atoms with Crippen molar-refractivity contribution in [2.75, 3.05) is 36.4 Å². The summed E-state index contributed by atoms with van der Waals surface area (Å²) in [7, 11) is 0. The minimum Gasteiger partial charge on any atom is -0.342 e. The Morgan fingerprint density at radius 2 is 1.96 bits per heavy atom. The SMILES string of the molecule is Cc1cc(C)c(Nc2ccnc(N3CCN(C=O)CC3)n2)c(Cl)c1. The molecule has 0 spiro atoms. The van der Waals surface area contributed by atoms with Gasteiger partial charge in [0, 0.05) is 32.4 Å². The molecule has 2 heterocycles. The van der Waals surface area contributed by atoms with Crippen LogP contribution < -0.4 is 10.2 Å². The maximum Gasteiger partial charge on any atom is 0.227 e. The lowest BCUT2D eigenvalue weighted by atomic mass is 10.1. The number of anilines is 3. The van der Waals surface area contributed by atoms with E-state index in [1.54, 1.807) is 11.1 Å². The summed E-state index contributed by atoms with van der Waals surface area (Å²) in [5, 5.41) is 3.96. The standard InChI is InChI=1S/C17H20ClN5O/c1-12-9-13(2)16(14(18)10-12)20-15-3-4-19-17(21-15)23-7-5-22(11-24)6-8-23/h3-4,9-11H,5-8H2,1-2H3,(H,19,20,21). The molecule has 0 unspecified atom stereocenters. The van der Waals surface area contributed by atoms with Crippen molar-refractivity contribution >= 4 is 35.5 Å². The third-order valence-electron chi connectivity index (χ3n) is 4.07. The van der Waals surface area contributed by atoms with E-state index in [2.05, 4.69) is 26.3 Å². The highest BCUT2D eigenvalue weighted by atomic mass is 35.5. The number of carbonyl (C=O) groups is 1. The van der Waals surface area contributed by atoms with E-state index in [0.29, 0.717) is 29.9 Å². The maximum atomic E-state index is 10.8. The van der Waals surface area contributed by atoms with Crippen LogP contribution in [0.3, 0.4) is 0 Å². The number of hydrogen-bond donors (Lipinski definition) is 1. The molecule has 0 atom stereocenters. The van der Waals surface area contributed by atoms with Crippen molar-refractivity contribution in [3.05, 3.63) is 40.5 Å². The van der Waals surface area contributed by atoms with E-state index >= 15 is 0 Å². The van der Waals surface area contributed by atoms with Crippen molar-refractivity contribution in [2.45, 2.75) is 13.8 Å². The predicted octanol–water partition coefficient (Wildman–Crippen LogP) is 2.77. The molecule has 24 heavy (non-hydrogen) atoms. The van der Waals surface area contributed by atoms with Crippen LogP contribution in [-0.2, 0) is 4.79 Å². The van der Waals surface area contributed by atoms with E-state index in [4.69, 9.17) is 11.6 Å². The van der Waals surface area contributed by atoms with Crippen molar-refractivity contribution in [1.29, 1.82) is 0 Å². The fourth-order valence-corrected chi connectivity index (χ4v) is 3.17. The summed E-state index contributed by atoms with van der Waals surface area (Å²) in [5.74, 6) is 1.36. The van der Waals surface area contributed by atoms with Gasteiger partial charge in [-0.2, -0.15) is 4.98 Å². The molecule has 1 N–H and O–H groups in total. The Bertz CT molecular complexity index is 721. The molecular weight excluding hydrogens is 326 g/mol. The van der Waals surface area contributed by atoms with Crippen LogP contribution in [0.1, 0.15) is 11.1 Å². The molecule has 6 nitrogen and oxygen atoms in total. The van der Waals surface area contributed by atoms with Crippen molar-refractivity contribution in [3.63, 3.8) is 0 Å². The van der Waals surface area contributed by atoms with Gasteiger partial charge in [-0.15, -0.1) is 0 Å². The van der Waals surface area contributed by atoms with Crippen molar-refractivity contribution in [3.8, 4) is 0 Å². The van der Waals surface area contributed by atoms with Gasteiger partial charge in [-0.25, -0.2) is 4.98 Å². The van der Waals surface area contributed by atoms with Crippen LogP contribution in [0, 0.1) is 13.8 Å². The van der Waals surface area contributed by atoms with Gasteiger partial charge in [-0.3, -0.25) is 4.79 Å². The topological polar surface area (TPSA) is 61.4 Å². The number of rotatable bonds is 4. The Kier molecular flexibility index (Phi) is 4.85. The van der Waals surface area contributed by atoms with Gasteiger partial charge < -0.3 is 15.1 Å². The summed E-state index contributed by atoms with van der Waals surface area (Å²) in [6, 6.07) is 5.83. The fourth-order valence-electron chi connectivity index (χ4n) is 2.80. The highest BCUT2D eigenvalue weighted by Crippen LogP contribution is 2.30. The largest absolute Gasteiger partial charge is 0.342 e. The normalized spacial score (nSPS) is 14.6. The van der Waals surface area contributed by atoms with Gasteiger partial charge in [0.15, 0.2) is 0 Å². The number of nitrogens with one attached hydrogen (secondary N) is 1. The van der Waals surface area contributed by atoms with E-state index in [0.717, 1.165) is 36.3 Å². The summed E-state index contributed by atoms with van der Waals surface area (Å²) in [5.41, 5.74) is 3.05. The number of aromatic nitrogens is 2. The van der Waals surface area contributed by atoms with E-state index in [9.17, 15) is 4.79 Å². The molecule has 7 heteroatoms. The Balaban J connectivity index is 1.78. The quantitative estimate of drug-likeness (QED) is 0.863. The summed E-state index contributed by atoms with van der Waals surface area (Å²) in [6.07, 6.45) is 2.62. The van der Waals surface area contributed by atoms with E-state index in [1.807, 2.05) is 26.0 Å². The molecule has 1 amide bonds. The number of amides is 1. The number of carbonyl (C=O) groups excluding carboxylic acids is 1. The molecule has 3 rings (SSSR count). The Labute approximate surface area is 146 Å². The van der Waals surface area contributed by atoms with Gasteiger partial charge in [-0.1, -0.05) is 17.7 Å². The second-order valence-corrected chi connectivity index (χ2v) is 6.34. The van der Waals surface area contributed by atoms with Crippen molar-refractivity contribution in [1.82, 2.24) is 14.9 Å². The Morgan fingerprint density at radius 1 is 1.21 bits per heavy atom. The molecule has 0 radical (unpaired) electrons. The zero-order chi connectivity index (χ0) is 17.1.